The SMILES string of the molecule is Cc1ccc(C(C)C)c(OCCCBr)c1. The number of ether oxygens (including phenoxy) is 1. The molecule has 0 atom stereocenters. The van der Waals surface area contributed by atoms with Crippen LogP contribution in [0.25, 0.3) is 0 Å². The van der Waals surface area contributed by atoms with E-state index in [1.54, 1.807) is 0 Å². The van der Waals surface area contributed by atoms with Gasteiger partial charge in [-0.25, -0.2) is 0 Å². The minimum atomic E-state index is 0.518. The second kappa shape index (κ2) is 6.16. The molecule has 0 fully saturated rings. The minimum absolute atomic E-state index is 0.518. The van der Waals surface area contributed by atoms with Crippen molar-refractivity contribution in [3.8, 4) is 5.75 Å². The van der Waals surface area contributed by atoms with Gasteiger partial charge in [0.25, 0.3) is 0 Å². The van der Waals surface area contributed by atoms with Gasteiger partial charge in [-0.3, -0.25) is 0 Å². The zero-order valence-corrected chi connectivity index (χ0v) is 11.3. The average Bonchev–Trinajstić information content (AvgIpc) is 2.18. The molecule has 84 valence electrons. The molecule has 0 unspecified atom stereocenters. The Kier molecular flexibility index (Phi) is 5.16. The number of aryl methyl sites for hydroxylation is 1. The summed E-state index contributed by atoms with van der Waals surface area (Å²) in [5.74, 6) is 1.57. The Labute approximate surface area is 101 Å². The van der Waals surface area contributed by atoms with E-state index in [1.807, 2.05) is 0 Å². The molecule has 1 rings (SSSR count). The van der Waals surface area contributed by atoms with Crippen LogP contribution in [0.4, 0.5) is 0 Å². The van der Waals surface area contributed by atoms with E-state index in [0.717, 1.165) is 24.1 Å². The van der Waals surface area contributed by atoms with Gasteiger partial charge in [-0.15, -0.1) is 0 Å². The highest BCUT2D eigenvalue weighted by molar-refractivity contribution is 9.09. The van der Waals surface area contributed by atoms with Gasteiger partial charge in [0.2, 0.25) is 0 Å². The second-order valence-electron chi connectivity index (χ2n) is 4.09. The molecule has 0 aromatic heterocycles. The average molecular weight is 271 g/mol. The highest BCUT2D eigenvalue weighted by atomic mass is 79.9. The summed E-state index contributed by atoms with van der Waals surface area (Å²) < 4.78 is 5.79. The lowest BCUT2D eigenvalue weighted by molar-refractivity contribution is 0.314. The first-order valence-corrected chi connectivity index (χ1v) is 6.56. The molecule has 0 saturated heterocycles. The second-order valence-corrected chi connectivity index (χ2v) is 4.88. The number of alkyl halides is 1. The maximum Gasteiger partial charge on any atom is 0.122 e. The molecule has 0 saturated carbocycles. The topological polar surface area (TPSA) is 9.23 Å². The summed E-state index contributed by atoms with van der Waals surface area (Å²) in [6.07, 6.45) is 1.05. The zero-order chi connectivity index (χ0) is 11.3. The van der Waals surface area contributed by atoms with E-state index < -0.39 is 0 Å². The lowest BCUT2D eigenvalue weighted by Crippen LogP contribution is -2.02. The first-order valence-electron chi connectivity index (χ1n) is 5.44. The van der Waals surface area contributed by atoms with Crippen molar-refractivity contribution in [3.05, 3.63) is 29.3 Å². The molecule has 2 heteroatoms. The predicted molar refractivity (Wildman–Crippen MR) is 69.2 cm³/mol. The van der Waals surface area contributed by atoms with E-state index >= 15 is 0 Å². The largest absolute Gasteiger partial charge is 0.493 e. The third-order valence-electron chi connectivity index (χ3n) is 2.33. The van der Waals surface area contributed by atoms with Crippen LogP contribution < -0.4 is 4.74 Å². The molecule has 0 bridgehead atoms. The summed E-state index contributed by atoms with van der Waals surface area (Å²) in [6, 6.07) is 6.44. The molecule has 0 aliphatic rings. The normalized spacial score (nSPS) is 10.7. The minimum Gasteiger partial charge on any atom is -0.493 e. The molecular weight excluding hydrogens is 252 g/mol. The first-order chi connectivity index (χ1) is 7.15. The third-order valence-corrected chi connectivity index (χ3v) is 2.89. The van der Waals surface area contributed by atoms with Gasteiger partial charge in [0.15, 0.2) is 0 Å². The van der Waals surface area contributed by atoms with E-state index in [0.29, 0.717) is 5.92 Å². The molecule has 15 heavy (non-hydrogen) atoms. The van der Waals surface area contributed by atoms with Gasteiger partial charge in [-0.05, 0) is 36.5 Å². The van der Waals surface area contributed by atoms with Gasteiger partial charge in [0, 0.05) is 5.33 Å². The lowest BCUT2D eigenvalue weighted by Gasteiger charge is -2.14. The monoisotopic (exact) mass is 270 g/mol. The van der Waals surface area contributed by atoms with E-state index in [-0.39, 0.29) is 0 Å². The Bertz CT molecular complexity index is 307. The fourth-order valence-corrected chi connectivity index (χ4v) is 1.71. The first kappa shape index (κ1) is 12.6. The van der Waals surface area contributed by atoms with E-state index in [1.165, 1.54) is 11.1 Å². The van der Waals surface area contributed by atoms with E-state index in [9.17, 15) is 0 Å². The summed E-state index contributed by atoms with van der Waals surface area (Å²) in [7, 11) is 0. The van der Waals surface area contributed by atoms with E-state index in [2.05, 4.69) is 54.9 Å². The summed E-state index contributed by atoms with van der Waals surface area (Å²) in [6.45, 7) is 7.28. The number of hydrogen-bond acceptors (Lipinski definition) is 1. The smallest absolute Gasteiger partial charge is 0.122 e. The van der Waals surface area contributed by atoms with E-state index in [4.69, 9.17) is 4.74 Å². The third kappa shape index (κ3) is 3.86. The zero-order valence-electron chi connectivity index (χ0n) is 9.72. The van der Waals surface area contributed by atoms with Gasteiger partial charge in [-0.1, -0.05) is 41.9 Å². The Morgan fingerprint density at radius 1 is 1.33 bits per heavy atom. The molecule has 0 aliphatic heterocycles. The molecule has 0 amide bonds. The Balaban J connectivity index is 2.77. The van der Waals surface area contributed by atoms with Gasteiger partial charge in [0.1, 0.15) is 5.75 Å². The summed E-state index contributed by atoms with van der Waals surface area (Å²) in [4.78, 5) is 0. The van der Waals surface area contributed by atoms with Crippen molar-refractivity contribution in [2.75, 3.05) is 11.9 Å². The standard InChI is InChI=1S/C13H19BrO/c1-10(2)12-6-5-11(3)9-13(12)15-8-4-7-14/h5-6,9-10H,4,7-8H2,1-3H3. The highest BCUT2D eigenvalue weighted by Crippen LogP contribution is 2.27. The van der Waals surface area contributed by atoms with Gasteiger partial charge in [0.05, 0.1) is 6.61 Å². The Hall–Kier alpha value is -0.500. The number of hydrogen-bond donors (Lipinski definition) is 0. The molecule has 0 heterocycles. The molecular formula is C13H19BrO. The molecule has 0 spiro atoms. The van der Waals surface area contributed by atoms with Crippen LogP contribution in [0.15, 0.2) is 18.2 Å². The summed E-state index contributed by atoms with van der Waals surface area (Å²) in [5.41, 5.74) is 2.56. The quantitative estimate of drug-likeness (QED) is 0.573. The van der Waals surface area contributed by atoms with Crippen LogP contribution >= 0.6 is 15.9 Å². The number of halogens is 1. The van der Waals surface area contributed by atoms with Crippen LogP contribution in [0.2, 0.25) is 0 Å². The van der Waals surface area contributed by atoms with Crippen molar-refractivity contribution in [2.24, 2.45) is 0 Å². The summed E-state index contributed by atoms with van der Waals surface area (Å²) in [5, 5.41) is 0.996. The van der Waals surface area contributed by atoms with Crippen LogP contribution in [-0.2, 0) is 0 Å². The van der Waals surface area contributed by atoms with Crippen LogP contribution in [0.5, 0.6) is 5.75 Å². The van der Waals surface area contributed by atoms with Crippen molar-refractivity contribution in [3.63, 3.8) is 0 Å². The van der Waals surface area contributed by atoms with Crippen molar-refractivity contribution in [1.29, 1.82) is 0 Å². The van der Waals surface area contributed by atoms with Crippen molar-refractivity contribution in [2.45, 2.75) is 33.1 Å². The summed E-state index contributed by atoms with van der Waals surface area (Å²) >= 11 is 3.40. The highest BCUT2D eigenvalue weighted by Gasteiger charge is 2.07. The number of benzene rings is 1. The predicted octanol–water partition coefficient (Wildman–Crippen LogP) is 4.28. The lowest BCUT2D eigenvalue weighted by atomic mass is 10.0. The van der Waals surface area contributed by atoms with Gasteiger partial charge in [-0.2, -0.15) is 0 Å². The molecule has 0 radical (unpaired) electrons. The van der Waals surface area contributed by atoms with Gasteiger partial charge >= 0.3 is 0 Å². The maximum atomic E-state index is 5.79. The van der Waals surface area contributed by atoms with Crippen molar-refractivity contribution >= 4 is 15.9 Å². The van der Waals surface area contributed by atoms with Crippen LogP contribution in [0, 0.1) is 6.92 Å². The molecule has 1 aromatic rings. The molecule has 1 nitrogen and oxygen atoms in total. The molecule has 0 N–H and O–H groups in total. The van der Waals surface area contributed by atoms with Crippen LogP contribution in [-0.4, -0.2) is 11.9 Å². The van der Waals surface area contributed by atoms with Gasteiger partial charge < -0.3 is 4.74 Å². The molecule has 0 aliphatic carbocycles. The fraction of sp³-hybridized carbons (Fsp3) is 0.538. The Morgan fingerprint density at radius 3 is 2.67 bits per heavy atom. The maximum absolute atomic E-state index is 5.79. The van der Waals surface area contributed by atoms with Crippen molar-refractivity contribution < 1.29 is 4.74 Å². The van der Waals surface area contributed by atoms with Crippen molar-refractivity contribution in [1.82, 2.24) is 0 Å². The molecule has 1 aromatic carbocycles. The van der Waals surface area contributed by atoms with Crippen LogP contribution in [0.3, 0.4) is 0 Å². The number of rotatable bonds is 5. The Morgan fingerprint density at radius 2 is 2.07 bits per heavy atom. The van der Waals surface area contributed by atoms with Crippen LogP contribution in [0.1, 0.15) is 37.3 Å². The fourth-order valence-electron chi connectivity index (χ4n) is 1.48.